The zero-order valence-electron chi connectivity index (χ0n) is 12.1. The lowest BCUT2D eigenvalue weighted by Gasteiger charge is -2.34. The van der Waals surface area contributed by atoms with Crippen molar-refractivity contribution in [1.82, 2.24) is 5.32 Å². The number of halogens is 1. The van der Waals surface area contributed by atoms with E-state index in [9.17, 15) is 0 Å². The van der Waals surface area contributed by atoms with Gasteiger partial charge in [0.2, 0.25) is 0 Å². The number of anilines is 1. The Morgan fingerprint density at radius 1 is 1.32 bits per heavy atom. The minimum absolute atomic E-state index is 0.913. The minimum Gasteiger partial charge on any atom is -0.371 e. The normalized spacial score (nSPS) is 15.3. The molecule has 0 radical (unpaired) electrons. The highest BCUT2D eigenvalue weighted by atomic mass is 79.9. The fourth-order valence-corrected chi connectivity index (χ4v) is 3.06. The molecule has 2 nitrogen and oxygen atoms in total. The van der Waals surface area contributed by atoms with E-state index in [0.717, 1.165) is 25.6 Å². The molecule has 0 saturated heterocycles. The summed E-state index contributed by atoms with van der Waals surface area (Å²) in [5.41, 5.74) is 2.80. The van der Waals surface area contributed by atoms with Crippen LogP contribution in [0.4, 0.5) is 5.69 Å². The van der Waals surface area contributed by atoms with E-state index in [2.05, 4.69) is 58.2 Å². The summed E-state index contributed by atoms with van der Waals surface area (Å²) < 4.78 is 1.17. The van der Waals surface area contributed by atoms with Crippen molar-refractivity contribution in [3.8, 4) is 0 Å². The van der Waals surface area contributed by atoms with E-state index >= 15 is 0 Å². The smallest absolute Gasteiger partial charge is 0.0412 e. The third-order valence-corrected chi connectivity index (χ3v) is 4.53. The molecule has 0 unspecified atom stereocenters. The maximum Gasteiger partial charge on any atom is 0.0412 e. The Morgan fingerprint density at radius 2 is 2.11 bits per heavy atom. The SMILES string of the molecule is CCNCc1cc(Br)ccc1N(CC)CC1CCC1. The van der Waals surface area contributed by atoms with Gasteiger partial charge in [0.1, 0.15) is 0 Å². The van der Waals surface area contributed by atoms with Crippen LogP contribution in [0.25, 0.3) is 0 Å². The Hall–Kier alpha value is -0.540. The third kappa shape index (κ3) is 3.96. The van der Waals surface area contributed by atoms with Gasteiger partial charge in [-0.05, 0) is 56.0 Å². The molecule has 1 aliphatic rings. The summed E-state index contributed by atoms with van der Waals surface area (Å²) in [7, 11) is 0. The molecule has 0 amide bonds. The van der Waals surface area contributed by atoms with Gasteiger partial charge >= 0.3 is 0 Å². The number of hydrogen-bond donors (Lipinski definition) is 1. The quantitative estimate of drug-likeness (QED) is 0.809. The van der Waals surface area contributed by atoms with Gasteiger partial charge < -0.3 is 10.2 Å². The van der Waals surface area contributed by atoms with Gasteiger partial charge in [-0.1, -0.05) is 29.3 Å². The van der Waals surface area contributed by atoms with Crippen LogP contribution in [0.1, 0.15) is 38.7 Å². The highest BCUT2D eigenvalue weighted by Crippen LogP contribution is 2.31. The van der Waals surface area contributed by atoms with E-state index in [1.807, 2.05) is 0 Å². The maximum absolute atomic E-state index is 3.59. The number of hydrogen-bond acceptors (Lipinski definition) is 2. The molecule has 0 atom stereocenters. The van der Waals surface area contributed by atoms with Gasteiger partial charge in [0.25, 0.3) is 0 Å². The first-order valence-corrected chi connectivity index (χ1v) is 8.28. The molecule has 0 aliphatic heterocycles. The van der Waals surface area contributed by atoms with E-state index in [1.165, 1.54) is 41.5 Å². The fourth-order valence-electron chi connectivity index (χ4n) is 2.65. The van der Waals surface area contributed by atoms with Crippen LogP contribution in [-0.4, -0.2) is 19.6 Å². The summed E-state index contributed by atoms with van der Waals surface area (Å²) in [5, 5.41) is 3.44. The Morgan fingerprint density at radius 3 is 2.68 bits per heavy atom. The van der Waals surface area contributed by atoms with Crippen molar-refractivity contribution in [1.29, 1.82) is 0 Å². The minimum atomic E-state index is 0.913. The molecule has 0 heterocycles. The lowest BCUT2D eigenvalue weighted by Crippen LogP contribution is -2.33. The molecule has 106 valence electrons. The van der Waals surface area contributed by atoms with Crippen LogP contribution >= 0.6 is 15.9 Å². The van der Waals surface area contributed by atoms with E-state index in [-0.39, 0.29) is 0 Å². The van der Waals surface area contributed by atoms with Crippen LogP contribution < -0.4 is 10.2 Å². The van der Waals surface area contributed by atoms with Gasteiger partial charge in [-0.25, -0.2) is 0 Å². The Labute approximate surface area is 125 Å². The van der Waals surface area contributed by atoms with Gasteiger partial charge in [-0.2, -0.15) is 0 Å². The molecule has 0 bridgehead atoms. The second-order valence-corrected chi connectivity index (χ2v) is 6.30. The molecule has 1 aromatic carbocycles. The van der Waals surface area contributed by atoms with Crippen molar-refractivity contribution < 1.29 is 0 Å². The standard InChI is InChI=1S/C16H25BrN2/c1-3-18-11-14-10-15(17)8-9-16(14)19(4-2)12-13-6-5-7-13/h8-10,13,18H,3-7,11-12H2,1-2H3. The number of nitrogens with zero attached hydrogens (tertiary/aromatic N) is 1. The topological polar surface area (TPSA) is 15.3 Å². The van der Waals surface area contributed by atoms with Crippen molar-refractivity contribution in [2.45, 2.75) is 39.7 Å². The third-order valence-electron chi connectivity index (χ3n) is 4.03. The highest BCUT2D eigenvalue weighted by Gasteiger charge is 2.21. The predicted octanol–water partition coefficient (Wildman–Crippen LogP) is 4.19. The first-order chi connectivity index (χ1) is 9.24. The maximum atomic E-state index is 3.59. The average Bonchev–Trinajstić information content (AvgIpc) is 2.36. The average molecular weight is 325 g/mol. The van der Waals surface area contributed by atoms with Gasteiger partial charge in [-0.15, -0.1) is 0 Å². The van der Waals surface area contributed by atoms with Crippen molar-refractivity contribution in [3.63, 3.8) is 0 Å². The second kappa shape index (κ2) is 7.30. The summed E-state index contributed by atoms with van der Waals surface area (Å²) in [6.07, 6.45) is 4.25. The van der Waals surface area contributed by atoms with Gasteiger partial charge in [0.05, 0.1) is 0 Å². The molecular weight excluding hydrogens is 300 g/mol. The van der Waals surface area contributed by atoms with E-state index in [4.69, 9.17) is 0 Å². The first kappa shape index (κ1) is 14.9. The zero-order valence-corrected chi connectivity index (χ0v) is 13.7. The molecule has 1 aromatic rings. The molecule has 1 fully saturated rings. The summed E-state index contributed by atoms with van der Waals surface area (Å²) in [5.74, 6) is 0.913. The van der Waals surface area contributed by atoms with Crippen molar-refractivity contribution in [2.75, 3.05) is 24.5 Å². The van der Waals surface area contributed by atoms with E-state index < -0.39 is 0 Å². The summed E-state index contributed by atoms with van der Waals surface area (Å²) in [6, 6.07) is 6.68. The molecular formula is C16H25BrN2. The Bertz CT molecular complexity index is 402. The largest absolute Gasteiger partial charge is 0.371 e. The molecule has 1 aliphatic carbocycles. The number of nitrogens with one attached hydrogen (secondary N) is 1. The molecule has 1 N–H and O–H groups in total. The van der Waals surface area contributed by atoms with Crippen LogP contribution in [0, 0.1) is 5.92 Å². The van der Waals surface area contributed by atoms with Crippen LogP contribution in [-0.2, 0) is 6.54 Å². The summed E-state index contributed by atoms with van der Waals surface area (Å²) in [4.78, 5) is 2.54. The van der Waals surface area contributed by atoms with Crippen molar-refractivity contribution in [2.24, 2.45) is 5.92 Å². The molecule has 0 spiro atoms. The van der Waals surface area contributed by atoms with Crippen LogP contribution in [0.15, 0.2) is 22.7 Å². The van der Waals surface area contributed by atoms with Crippen LogP contribution in [0.2, 0.25) is 0 Å². The molecule has 3 heteroatoms. The van der Waals surface area contributed by atoms with E-state index in [1.54, 1.807) is 0 Å². The number of benzene rings is 1. The zero-order chi connectivity index (χ0) is 13.7. The Balaban J connectivity index is 2.14. The van der Waals surface area contributed by atoms with E-state index in [0.29, 0.717) is 0 Å². The van der Waals surface area contributed by atoms with Crippen molar-refractivity contribution >= 4 is 21.6 Å². The van der Waals surface area contributed by atoms with Crippen LogP contribution in [0.5, 0.6) is 0 Å². The van der Waals surface area contributed by atoms with Crippen LogP contribution in [0.3, 0.4) is 0 Å². The van der Waals surface area contributed by atoms with Gasteiger partial charge in [-0.3, -0.25) is 0 Å². The number of rotatable bonds is 7. The lowest BCUT2D eigenvalue weighted by atomic mass is 9.85. The van der Waals surface area contributed by atoms with Gasteiger partial charge in [0.15, 0.2) is 0 Å². The van der Waals surface area contributed by atoms with Gasteiger partial charge in [0, 0.05) is 29.8 Å². The fraction of sp³-hybridized carbons (Fsp3) is 0.625. The Kier molecular flexibility index (Phi) is 5.71. The van der Waals surface area contributed by atoms with Crippen molar-refractivity contribution in [3.05, 3.63) is 28.2 Å². The lowest BCUT2D eigenvalue weighted by molar-refractivity contribution is 0.318. The monoisotopic (exact) mass is 324 g/mol. The molecule has 1 saturated carbocycles. The summed E-state index contributed by atoms with van der Waals surface area (Å²) in [6.45, 7) is 8.70. The predicted molar refractivity (Wildman–Crippen MR) is 86.8 cm³/mol. The second-order valence-electron chi connectivity index (χ2n) is 5.39. The first-order valence-electron chi connectivity index (χ1n) is 7.48. The summed E-state index contributed by atoms with van der Waals surface area (Å²) >= 11 is 3.59. The molecule has 2 rings (SSSR count). The highest BCUT2D eigenvalue weighted by molar-refractivity contribution is 9.10. The molecule has 0 aromatic heterocycles. The molecule has 19 heavy (non-hydrogen) atoms.